The molecule has 10 heteroatoms. The lowest BCUT2D eigenvalue weighted by atomic mass is 10.1. The second-order valence-corrected chi connectivity index (χ2v) is 5.21. The standard InChI is InChI=1S/C14H11F3N4O3/c15-14(16,17)13-18-19-20-21(13)9-6-8-2-5-22-11(8)10(7-9)12-23-3-1-4-24-12/h2,5-7,12H,1,3-4H2. The van der Waals surface area contributed by atoms with Gasteiger partial charge in [0, 0.05) is 5.39 Å². The Morgan fingerprint density at radius 2 is 1.96 bits per heavy atom. The highest BCUT2D eigenvalue weighted by Crippen LogP contribution is 2.34. The molecule has 1 fully saturated rings. The number of hydrogen-bond acceptors (Lipinski definition) is 6. The zero-order valence-electron chi connectivity index (χ0n) is 12.2. The summed E-state index contributed by atoms with van der Waals surface area (Å²) in [5, 5.41) is 10.3. The van der Waals surface area contributed by atoms with Crippen molar-refractivity contribution in [3.8, 4) is 5.69 Å². The number of alkyl halides is 3. The minimum atomic E-state index is -4.67. The predicted molar refractivity (Wildman–Crippen MR) is 73.2 cm³/mol. The maximum absolute atomic E-state index is 13.0. The Morgan fingerprint density at radius 3 is 2.71 bits per heavy atom. The van der Waals surface area contributed by atoms with E-state index in [-0.39, 0.29) is 5.69 Å². The van der Waals surface area contributed by atoms with E-state index >= 15 is 0 Å². The van der Waals surface area contributed by atoms with E-state index < -0.39 is 18.3 Å². The van der Waals surface area contributed by atoms with Crippen LogP contribution in [0, 0.1) is 0 Å². The molecule has 126 valence electrons. The minimum Gasteiger partial charge on any atom is -0.464 e. The summed E-state index contributed by atoms with van der Waals surface area (Å²) in [5.74, 6) is -1.21. The Morgan fingerprint density at radius 1 is 1.17 bits per heavy atom. The molecule has 2 aromatic heterocycles. The van der Waals surface area contributed by atoms with Crippen LogP contribution in [-0.4, -0.2) is 33.4 Å². The first-order chi connectivity index (χ1) is 11.5. The van der Waals surface area contributed by atoms with Crippen molar-refractivity contribution < 1.29 is 27.1 Å². The number of tetrazole rings is 1. The van der Waals surface area contributed by atoms with Gasteiger partial charge in [-0.15, -0.1) is 5.10 Å². The third-order valence-corrected chi connectivity index (χ3v) is 3.61. The summed E-state index contributed by atoms with van der Waals surface area (Å²) in [6, 6.07) is 4.63. The molecular weight excluding hydrogens is 329 g/mol. The smallest absolute Gasteiger partial charge is 0.453 e. The third kappa shape index (κ3) is 2.53. The van der Waals surface area contributed by atoms with Crippen LogP contribution in [0.3, 0.4) is 0 Å². The highest BCUT2D eigenvalue weighted by molar-refractivity contribution is 5.83. The van der Waals surface area contributed by atoms with Crippen molar-refractivity contribution >= 4 is 11.0 Å². The topological polar surface area (TPSA) is 75.2 Å². The number of halogens is 3. The molecule has 0 aliphatic carbocycles. The van der Waals surface area contributed by atoms with Gasteiger partial charge in [-0.1, -0.05) is 0 Å². The molecule has 0 N–H and O–H groups in total. The lowest BCUT2D eigenvalue weighted by molar-refractivity contribution is -0.182. The molecule has 24 heavy (non-hydrogen) atoms. The van der Waals surface area contributed by atoms with Gasteiger partial charge in [0.1, 0.15) is 5.58 Å². The average Bonchev–Trinajstić information content (AvgIpc) is 3.23. The quantitative estimate of drug-likeness (QED) is 0.714. The van der Waals surface area contributed by atoms with Gasteiger partial charge in [-0.2, -0.15) is 17.9 Å². The van der Waals surface area contributed by atoms with Gasteiger partial charge in [-0.25, -0.2) is 0 Å². The molecule has 1 aliphatic heterocycles. The van der Waals surface area contributed by atoms with Crippen LogP contribution in [0.5, 0.6) is 0 Å². The number of ether oxygens (including phenoxy) is 2. The molecule has 0 spiro atoms. The van der Waals surface area contributed by atoms with Crippen LogP contribution in [0.2, 0.25) is 0 Å². The first-order valence-electron chi connectivity index (χ1n) is 7.14. The van der Waals surface area contributed by atoms with E-state index in [1.165, 1.54) is 18.4 Å². The highest BCUT2D eigenvalue weighted by atomic mass is 19.4. The predicted octanol–water partition coefficient (Wildman–Crippen LogP) is 2.86. The number of furan rings is 1. The van der Waals surface area contributed by atoms with Gasteiger partial charge < -0.3 is 13.9 Å². The van der Waals surface area contributed by atoms with E-state index in [9.17, 15) is 13.2 Å². The van der Waals surface area contributed by atoms with Crippen LogP contribution in [0.1, 0.15) is 24.1 Å². The maximum Gasteiger partial charge on any atom is 0.453 e. The van der Waals surface area contributed by atoms with Gasteiger partial charge in [0.05, 0.1) is 30.7 Å². The van der Waals surface area contributed by atoms with Gasteiger partial charge in [0.25, 0.3) is 5.82 Å². The van der Waals surface area contributed by atoms with Crippen LogP contribution in [0.25, 0.3) is 16.7 Å². The second kappa shape index (κ2) is 5.56. The molecule has 1 aromatic carbocycles. The Labute approximate surface area is 132 Å². The number of fused-ring (bicyclic) bond motifs is 1. The second-order valence-electron chi connectivity index (χ2n) is 5.21. The fourth-order valence-corrected chi connectivity index (χ4v) is 2.60. The largest absolute Gasteiger partial charge is 0.464 e. The van der Waals surface area contributed by atoms with Crippen LogP contribution < -0.4 is 0 Å². The first kappa shape index (κ1) is 15.1. The van der Waals surface area contributed by atoms with Gasteiger partial charge in [-0.05, 0) is 35.0 Å². The fourth-order valence-electron chi connectivity index (χ4n) is 2.60. The molecule has 0 atom stereocenters. The summed E-state index contributed by atoms with van der Waals surface area (Å²) in [7, 11) is 0. The molecule has 3 aromatic rings. The fraction of sp³-hybridized carbons (Fsp3) is 0.357. The Hall–Kier alpha value is -2.46. The van der Waals surface area contributed by atoms with Crippen LogP contribution in [0.4, 0.5) is 13.2 Å². The van der Waals surface area contributed by atoms with Crippen LogP contribution in [-0.2, 0) is 15.7 Å². The SMILES string of the molecule is FC(F)(F)c1nnnn1-c1cc(C2OCCCO2)c2occc2c1. The van der Waals surface area contributed by atoms with Crippen molar-refractivity contribution in [2.75, 3.05) is 13.2 Å². The normalized spacial score (nSPS) is 16.8. The summed E-state index contributed by atoms with van der Waals surface area (Å²) in [6.07, 6.45) is -3.18. The Balaban J connectivity index is 1.87. The minimum absolute atomic E-state index is 0.147. The maximum atomic E-state index is 13.0. The zero-order chi connectivity index (χ0) is 16.7. The number of benzene rings is 1. The molecule has 0 bridgehead atoms. The Bertz CT molecular complexity index is 868. The van der Waals surface area contributed by atoms with Gasteiger partial charge in [0.2, 0.25) is 0 Å². The van der Waals surface area contributed by atoms with E-state index in [0.717, 1.165) is 6.42 Å². The average molecular weight is 340 g/mol. The molecule has 0 amide bonds. The van der Waals surface area contributed by atoms with Gasteiger partial charge in [0.15, 0.2) is 6.29 Å². The van der Waals surface area contributed by atoms with Gasteiger partial charge >= 0.3 is 6.18 Å². The van der Waals surface area contributed by atoms with Gasteiger partial charge in [-0.3, -0.25) is 0 Å². The number of nitrogens with zero attached hydrogens (tertiary/aromatic N) is 4. The molecule has 0 unspecified atom stereocenters. The summed E-state index contributed by atoms with van der Waals surface area (Å²) in [6.45, 7) is 0.992. The summed E-state index contributed by atoms with van der Waals surface area (Å²) < 4.78 is 56.3. The summed E-state index contributed by atoms with van der Waals surface area (Å²) in [4.78, 5) is 0. The lowest BCUT2D eigenvalue weighted by Gasteiger charge is -2.24. The number of rotatable bonds is 2. The van der Waals surface area contributed by atoms with Crippen molar-refractivity contribution in [1.29, 1.82) is 0 Å². The van der Waals surface area contributed by atoms with E-state index in [4.69, 9.17) is 13.9 Å². The molecule has 4 rings (SSSR count). The molecule has 0 radical (unpaired) electrons. The van der Waals surface area contributed by atoms with E-state index in [2.05, 4.69) is 15.5 Å². The molecule has 7 nitrogen and oxygen atoms in total. The molecular formula is C14H11F3N4O3. The van der Waals surface area contributed by atoms with Crippen molar-refractivity contribution in [2.24, 2.45) is 0 Å². The van der Waals surface area contributed by atoms with Crippen LogP contribution >= 0.6 is 0 Å². The molecule has 0 saturated carbocycles. The van der Waals surface area contributed by atoms with E-state index in [0.29, 0.717) is 34.4 Å². The van der Waals surface area contributed by atoms with Crippen molar-refractivity contribution in [1.82, 2.24) is 20.2 Å². The highest BCUT2D eigenvalue weighted by Gasteiger charge is 2.38. The van der Waals surface area contributed by atoms with Crippen molar-refractivity contribution in [3.63, 3.8) is 0 Å². The molecule has 1 aliphatic rings. The molecule has 3 heterocycles. The van der Waals surface area contributed by atoms with Crippen LogP contribution in [0.15, 0.2) is 28.9 Å². The zero-order valence-corrected chi connectivity index (χ0v) is 12.2. The first-order valence-corrected chi connectivity index (χ1v) is 7.14. The van der Waals surface area contributed by atoms with Crippen molar-refractivity contribution in [2.45, 2.75) is 18.9 Å². The van der Waals surface area contributed by atoms with Crippen molar-refractivity contribution in [3.05, 3.63) is 35.9 Å². The lowest BCUT2D eigenvalue weighted by Crippen LogP contribution is -2.19. The molecule has 1 saturated heterocycles. The summed E-state index contributed by atoms with van der Waals surface area (Å²) in [5.41, 5.74) is 1.14. The monoisotopic (exact) mass is 340 g/mol. The third-order valence-electron chi connectivity index (χ3n) is 3.61. The number of aromatic nitrogens is 4. The van der Waals surface area contributed by atoms with E-state index in [1.807, 2.05) is 0 Å². The van der Waals surface area contributed by atoms with E-state index in [1.54, 1.807) is 6.07 Å². The number of hydrogen-bond donors (Lipinski definition) is 0. The Kier molecular flexibility index (Phi) is 3.50. The summed E-state index contributed by atoms with van der Waals surface area (Å²) >= 11 is 0.